The summed E-state index contributed by atoms with van der Waals surface area (Å²) in [7, 11) is 0. The molecule has 9 rings (SSSR count). The summed E-state index contributed by atoms with van der Waals surface area (Å²) in [6.45, 7) is 0. The van der Waals surface area contributed by atoms with E-state index >= 15 is 0 Å². The van der Waals surface area contributed by atoms with Gasteiger partial charge in [-0.3, -0.25) is 0 Å². The first-order valence-electron chi connectivity index (χ1n) is 16.2. The van der Waals surface area contributed by atoms with E-state index in [1.54, 1.807) is 0 Å². The van der Waals surface area contributed by atoms with Crippen molar-refractivity contribution < 1.29 is 0 Å². The van der Waals surface area contributed by atoms with Crippen LogP contribution in [0.25, 0.3) is 53.7 Å². The Morgan fingerprint density at radius 1 is 0.521 bits per heavy atom. The van der Waals surface area contributed by atoms with Gasteiger partial charge in [0.2, 0.25) is 0 Å². The van der Waals surface area contributed by atoms with Gasteiger partial charge in [0.05, 0.1) is 17.1 Å². The van der Waals surface area contributed by atoms with Gasteiger partial charge in [-0.25, -0.2) is 4.99 Å². The van der Waals surface area contributed by atoms with Crippen molar-refractivity contribution in [3.8, 4) is 22.4 Å². The Kier molecular flexibility index (Phi) is 7.03. The summed E-state index contributed by atoms with van der Waals surface area (Å²) in [6.07, 6.45) is 2.26. The van der Waals surface area contributed by atoms with Crippen LogP contribution < -0.4 is 0 Å². The third kappa shape index (κ3) is 4.93. The second kappa shape index (κ2) is 12.0. The van der Waals surface area contributed by atoms with E-state index in [1.165, 1.54) is 25.7 Å². The summed E-state index contributed by atoms with van der Waals surface area (Å²) in [6, 6.07) is 60.2. The quantitative estimate of drug-likeness (QED) is 0.189. The van der Waals surface area contributed by atoms with Gasteiger partial charge in [0.25, 0.3) is 0 Å². The van der Waals surface area contributed by atoms with E-state index in [0.717, 1.165) is 61.8 Å². The van der Waals surface area contributed by atoms with E-state index in [-0.39, 0.29) is 0 Å². The monoisotopic (exact) mass is 630 g/mol. The summed E-state index contributed by atoms with van der Waals surface area (Å²) in [5, 5.41) is 2.54. The Balaban J connectivity index is 1.42. The van der Waals surface area contributed by atoms with Gasteiger partial charge in [0, 0.05) is 53.7 Å². The molecule has 0 saturated heterocycles. The zero-order valence-electron chi connectivity index (χ0n) is 26.1. The molecular formula is C45H30N2S. The molecule has 1 N–H and O–H groups in total. The number of rotatable bonds is 6. The molecule has 226 valence electrons. The SMILES string of the molecule is C1=C(c2ccccc2)/C(=C(/c2[nH]c(-c3ccccc3)cc2-c2ccccc2)c2cccc3c2sc2ccccc23)N=C1c1ccccc1. The summed E-state index contributed by atoms with van der Waals surface area (Å²) < 4.78 is 2.54. The van der Waals surface area contributed by atoms with Gasteiger partial charge in [0.15, 0.2) is 0 Å². The molecule has 1 aliphatic heterocycles. The van der Waals surface area contributed by atoms with Crippen molar-refractivity contribution in [2.75, 3.05) is 0 Å². The fraction of sp³-hybridized carbons (Fsp3) is 0. The van der Waals surface area contributed by atoms with E-state index in [4.69, 9.17) is 4.99 Å². The molecule has 0 aliphatic carbocycles. The number of allylic oxidation sites excluding steroid dienone is 2. The fourth-order valence-electron chi connectivity index (χ4n) is 6.80. The number of hydrogen-bond donors (Lipinski definition) is 1. The zero-order chi connectivity index (χ0) is 31.9. The maximum Gasteiger partial charge on any atom is 0.0816 e. The second-order valence-electron chi connectivity index (χ2n) is 12.0. The first kappa shape index (κ1) is 28.2. The Morgan fingerprint density at radius 3 is 1.81 bits per heavy atom. The Morgan fingerprint density at radius 2 is 1.10 bits per heavy atom. The van der Waals surface area contributed by atoms with Gasteiger partial charge < -0.3 is 4.98 Å². The van der Waals surface area contributed by atoms with Gasteiger partial charge in [-0.05, 0) is 34.9 Å². The largest absolute Gasteiger partial charge is 0.354 e. The van der Waals surface area contributed by atoms with Gasteiger partial charge >= 0.3 is 0 Å². The van der Waals surface area contributed by atoms with Crippen molar-refractivity contribution in [1.29, 1.82) is 0 Å². The van der Waals surface area contributed by atoms with Crippen LogP contribution in [0.4, 0.5) is 0 Å². The minimum Gasteiger partial charge on any atom is -0.354 e. The lowest BCUT2D eigenvalue weighted by atomic mass is 9.90. The van der Waals surface area contributed by atoms with Crippen molar-refractivity contribution in [2.24, 2.45) is 4.99 Å². The zero-order valence-corrected chi connectivity index (χ0v) is 26.9. The van der Waals surface area contributed by atoms with Crippen LogP contribution in [0, 0.1) is 0 Å². The van der Waals surface area contributed by atoms with Crippen molar-refractivity contribution in [2.45, 2.75) is 0 Å². The topological polar surface area (TPSA) is 28.1 Å². The lowest BCUT2D eigenvalue weighted by molar-refractivity contribution is 1.32. The molecule has 3 heterocycles. The van der Waals surface area contributed by atoms with E-state index < -0.39 is 0 Å². The predicted octanol–water partition coefficient (Wildman–Crippen LogP) is 12.1. The van der Waals surface area contributed by atoms with Crippen LogP contribution >= 0.6 is 11.3 Å². The Hall–Kier alpha value is -6.03. The first-order valence-corrected chi connectivity index (χ1v) is 17.0. The average Bonchev–Trinajstić information content (AvgIpc) is 3.90. The summed E-state index contributed by atoms with van der Waals surface area (Å²) >= 11 is 1.85. The van der Waals surface area contributed by atoms with Crippen molar-refractivity contribution >= 4 is 48.4 Å². The van der Waals surface area contributed by atoms with Gasteiger partial charge in [0.1, 0.15) is 0 Å². The molecule has 6 aromatic carbocycles. The van der Waals surface area contributed by atoms with E-state index in [1.807, 2.05) is 11.3 Å². The molecule has 0 radical (unpaired) electrons. The number of benzene rings is 6. The standard InChI is InChI=1S/C45H30N2S/c1-5-16-30(17-6-1)37-28-39(32-20-9-3-10-21-32)46-43(37)42(36-26-15-25-35-34-24-13-14-27-41(34)48-45(35)36)44-38(31-18-7-2-8-19-31)29-40(47-44)33-22-11-4-12-23-33/h1-29,46H/b44-42-. The predicted molar refractivity (Wildman–Crippen MR) is 204 cm³/mol. The van der Waals surface area contributed by atoms with Crippen LogP contribution in [0.15, 0.2) is 187 Å². The molecule has 0 fully saturated rings. The summed E-state index contributed by atoms with van der Waals surface area (Å²) in [5.41, 5.74) is 13.1. The van der Waals surface area contributed by atoms with E-state index in [0.29, 0.717) is 0 Å². The molecule has 0 bridgehead atoms. The molecule has 0 amide bonds. The number of nitrogens with zero attached hydrogens (tertiary/aromatic N) is 1. The number of aliphatic imine (C=N–C) groups is 1. The minimum atomic E-state index is 0.960. The van der Waals surface area contributed by atoms with Crippen LogP contribution in [0.1, 0.15) is 22.4 Å². The summed E-state index contributed by atoms with van der Waals surface area (Å²) in [4.78, 5) is 9.48. The van der Waals surface area contributed by atoms with Crippen LogP contribution in [-0.4, -0.2) is 10.7 Å². The fourth-order valence-corrected chi connectivity index (χ4v) is 8.02. The van der Waals surface area contributed by atoms with Crippen LogP contribution in [-0.2, 0) is 0 Å². The molecule has 0 unspecified atom stereocenters. The molecule has 0 atom stereocenters. The number of fused-ring (bicyclic) bond motifs is 3. The molecule has 2 nitrogen and oxygen atoms in total. The lowest BCUT2D eigenvalue weighted by Gasteiger charge is -2.16. The number of aromatic nitrogens is 1. The third-order valence-corrected chi connectivity index (χ3v) is 10.3. The lowest BCUT2D eigenvalue weighted by Crippen LogP contribution is -1.98. The van der Waals surface area contributed by atoms with E-state index in [9.17, 15) is 0 Å². The summed E-state index contributed by atoms with van der Waals surface area (Å²) in [5.74, 6) is 0. The number of thiophene rings is 1. The smallest absolute Gasteiger partial charge is 0.0816 e. The first-order chi connectivity index (χ1) is 23.8. The minimum absolute atomic E-state index is 0.960. The van der Waals surface area contributed by atoms with Gasteiger partial charge in [-0.1, -0.05) is 158 Å². The average molecular weight is 631 g/mol. The number of H-pyrrole nitrogens is 1. The van der Waals surface area contributed by atoms with Crippen LogP contribution in [0.3, 0.4) is 0 Å². The number of aromatic amines is 1. The van der Waals surface area contributed by atoms with E-state index in [2.05, 4.69) is 181 Å². The number of nitrogens with one attached hydrogen (secondary N) is 1. The maximum atomic E-state index is 5.54. The molecule has 3 heteroatoms. The molecule has 0 spiro atoms. The van der Waals surface area contributed by atoms with Crippen LogP contribution in [0.2, 0.25) is 0 Å². The second-order valence-corrected chi connectivity index (χ2v) is 13.0. The van der Waals surface area contributed by atoms with Crippen molar-refractivity contribution in [1.82, 2.24) is 4.98 Å². The molecule has 2 aromatic heterocycles. The maximum absolute atomic E-state index is 5.54. The molecule has 1 aliphatic rings. The molecular weight excluding hydrogens is 601 g/mol. The molecule has 8 aromatic rings. The van der Waals surface area contributed by atoms with Gasteiger partial charge in [-0.2, -0.15) is 0 Å². The normalized spacial score (nSPS) is 13.9. The van der Waals surface area contributed by atoms with Crippen LogP contribution in [0.5, 0.6) is 0 Å². The van der Waals surface area contributed by atoms with Crippen molar-refractivity contribution in [3.63, 3.8) is 0 Å². The van der Waals surface area contributed by atoms with Gasteiger partial charge in [-0.15, -0.1) is 11.3 Å². The highest BCUT2D eigenvalue weighted by Gasteiger charge is 2.28. The highest BCUT2D eigenvalue weighted by Crippen LogP contribution is 2.47. The molecule has 48 heavy (non-hydrogen) atoms. The Bertz CT molecular complexity index is 2520. The third-order valence-electron chi connectivity index (χ3n) is 9.07. The van der Waals surface area contributed by atoms with Crippen molar-refractivity contribution in [3.05, 3.63) is 204 Å². The Labute approximate surface area is 283 Å². The number of hydrogen-bond acceptors (Lipinski definition) is 2. The highest BCUT2D eigenvalue weighted by molar-refractivity contribution is 7.26. The highest BCUT2D eigenvalue weighted by atomic mass is 32.1. The molecule has 0 saturated carbocycles.